The maximum absolute atomic E-state index is 12.5. The minimum Gasteiger partial charge on any atom is -0.342 e. The average molecular weight is 376 g/mol. The summed E-state index contributed by atoms with van der Waals surface area (Å²) in [4.78, 5) is 26.5. The van der Waals surface area contributed by atoms with Crippen LogP contribution in [0.15, 0.2) is 5.03 Å². The molecule has 0 saturated carbocycles. The van der Waals surface area contributed by atoms with Crippen molar-refractivity contribution in [1.82, 2.24) is 14.9 Å². The van der Waals surface area contributed by atoms with Crippen LogP contribution in [0.4, 0.5) is 0 Å². The third kappa shape index (κ3) is 3.56. The van der Waals surface area contributed by atoms with Gasteiger partial charge in [-0.05, 0) is 56.9 Å². The number of likely N-dealkylation sites (tertiary alicyclic amines) is 1. The van der Waals surface area contributed by atoms with Crippen molar-refractivity contribution in [1.29, 1.82) is 0 Å². The van der Waals surface area contributed by atoms with Gasteiger partial charge in [0.15, 0.2) is 0 Å². The summed E-state index contributed by atoms with van der Waals surface area (Å²) in [5.41, 5.74) is 1.45. The molecule has 1 aliphatic carbocycles. The largest absolute Gasteiger partial charge is 0.342 e. The number of fused-ring (bicyclic) bond motifs is 3. The fraction of sp³-hybridized carbons (Fsp3) is 0.632. The van der Waals surface area contributed by atoms with E-state index in [0.29, 0.717) is 5.75 Å². The number of aryl methyl sites for hydroxylation is 2. The summed E-state index contributed by atoms with van der Waals surface area (Å²) < 4.78 is 0. The van der Waals surface area contributed by atoms with Crippen molar-refractivity contribution in [2.75, 3.05) is 18.8 Å². The molecule has 25 heavy (non-hydrogen) atoms. The second-order valence-corrected chi connectivity index (χ2v) is 9.39. The number of thioether (sulfide) groups is 1. The number of thiophene rings is 1. The second-order valence-electron chi connectivity index (χ2n) is 7.34. The third-order valence-corrected chi connectivity index (χ3v) is 7.38. The molecule has 4 rings (SSSR count). The van der Waals surface area contributed by atoms with Crippen LogP contribution in [0.3, 0.4) is 0 Å². The predicted molar refractivity (Wildman–Crippen MR) is 104 cm³/mol. The Morgan fingerprint density at radius 2 is 2.08 bits per heavy atom. The molecule has 2 aliphatic rings. The lowest BCUT2D eigenvalue weighted by molar-refractivity contribution is -0.129. The number of amides is 1. The van der Waals surface area contributed by atoms with E-state index in [2.05, 4.69) is 11.9 Å². The molecule has 6 heteroatoms. The molecule has 2 aromatic rings. The Labute approximate surface area is 157 Å². The fourth-order valence-electron chi connectivity index (χ4n) is 3.88. The zero-order chi connectivity index (χ0) is 17.4. The molecule has 1 aliphatic heterocycles. The lowest BCUT2D eigenvalue weighted by Crippen LogP contribution is -2.36. The number of hydrogen-bond acceptors (Lipinski definition) is 5. The van der Waals surface area contributed by atoms with Gasteiger partial charge in [-0.1, -0.05) is 18.7 Å². The smallest absolute Gasteiger partial charge is 0.232 e. The van der Waals surface area contributed by atoms with Gasteiger partial charge < -0.3 is 4.90 Å². The fourth-order valence-corrected chi connectivity index (χ4v) is 6.38. The molecule has 134 valence electrons. The Balaban J connectivity index is 1.59. The lowest BCUT2D eigenvalue weighted by Gasteiger charge is -2.26. The molecule has 0 aromatic carbocycles. The first-order valence-electron chi connectivity index (χ1n) is 9.31. The Kier molecular flexibility index (Phi) is 5.00. The number of carbonyl (C=O) groups is 1. The molecule has 2 aromatic heterocycles. The molecule has 1 atom stereocenters. The van der Waals surface area contributed by atoms with Gasteiger partial charge in [0.05, 0.1) is 5.75 Å². The summed E-state index contributed by atoms with van der Waals surface area (Å²) in [5.74, 6) is 2.32. The van der Waals surface area contributed by atoms with Gasteiger partial charge in [0.2, 0.25) is 5.91 Å². The summed E-state index contributed by atoms with van der Waals surface area (Å²) in [6.45, 7) is 6.13. The Morgan fingerprint density at radius 3 is 2.88 bits per heavy atom. The lowest BCUT2D eigenvalue weighted by atomic mass is 9.89. The van der Waals surface area contributed by atoms with Gasteiger partial charge in [-0.2, -0.15) is 0 Å². The van der Waals surface area contributed by atoms with E-state index < -0.39 is 0 Å². The predicted octanol–water partition coefficient (Wildman–Crippen LogP) is 4.23. The molecule has 1 fully saturated rings. The van der Waals surface area contributed by atoms with Crippen molar-refractivity contribution in [3.8, 4) is 0 Å². The highest BCUT2D eigenvalue weighted by Gasteiger charge is 2.24. The highest BCUT2D eigenvalue weighted by molar-refractivity contribution is 8.00. The van der Waals surface area contributed by atoms with Crippen molar-refractivity contribution in [3.63, 3.8) is 0 Å². The van der Waals surface area contributed by atoms with Gasteiger partial charge in [0, 0.05) is 23.4 Å². The highest BCUT2D eigenvalue weighted by Crippen LogP contribution is 2.40. The second kappa shape index (κ2) is 7.23. The average Bonchev–Trinajstić information content (AvgIpc) is 2.97. The monoisotopic (exact) mass is 375 g/mol. The van der Waals surface area contributed by atoms with Crippen LogP contribution in [0.1, 0.15) is 48.9 Å². The summed E-state index contributed by atoms with van der Waals surface area (Å²) in [5, 5.41) is 2.24. The highest BCUT2D eigenvalue weighted by atomic mass is 32.2. The van der Waals surface area contributed by atoms with E-state index in [4.69, 9.17) is 4.98 Å². The maximum atomic E-state index is 12.5. The van der Waals surface area contributed by atoms with Crippen molar-refractivity contribution in [2.45, 2.75) is 57.4 Å². The van der Waals surface area contributed by atoms with E-state index in [-0.39, 0.29) is 5.91 Å². The van der Waals surface area contributed by atoms with E-state index >= 15 is 0 Å². The number of hydrogen-bond donors (Lipinski definition) is 0. The van der Waals surface area contributed by atoms with Crippen LogP contribution in [0, 0.1) is 12.8 Å². The van der Waals surface area contributed by atoms with Gasteiger partial charge in [-0.15, -0.1) is 11.3 Å². The summed E-state index contributed by atoms with van der Waals surface area (Å²) in [7, 11) is 0. The van der Waals surface area contributed by atoms with E-state index in [9.17, 15) is 4.79 Å². The number of aromatic nitrogens is 2. The van der Waals surface area contributed by atoms with Crippen LogP contribution in [0.5, 0.6) is 0 Å². The number of piperidine rings is 1. The maximum Gasteiger partial charge on any atom is 0.232 e. The summed E-state index contributed by atoms with van der Waals surface area (Å²) >= 11 is 3.44. The molecule has 4 nitrogen and oxygen atoms in total. The molecule has 0 bridgehead atoms. The number of rotatable bonds is 3. The zero-order valence-electron chi connectivity index (χ0n) is 15.0. The van der Waals surface area contributed by atoms with Crippen LogP contribution in [-0.4, -0.2) is 39.6 Å². The van der Waals surface area contributed by atoms with Gasteiger partial charge in [0.25, 0.3) is 0 Å². The quantitative estimate of drug-likeness (QED) is 0.595. The Morgan fingerprint density at radius 1 is 1.28 bits per heavy atom. The standard InChI is InChI=1S/C19H25N3OS2/c1-12-6-7-14-15(10-12)25-19-17(14)18(20-13(2)21-19)24-11-16(23)22-8-4-3-5-9-22/h12H,3-11H2,1-2H3/t12-/m1/s1. The van der Waals surface area contributed by atoms with Gasteiger partial charge >= 0.3 is 0 Å². The summed E-state index contributed by atoms with van der Waals surface area (Å²) in [6, 6.07) is 0. The molecule has 0 spiro atoms. The molecule has 3 heterocycles. The SMILES string of the molecule is Cc1nc(SCC(=O)N2CCCCC2)c2c3c(sc2n1)C[C@H](C)CC3. The third-order valence-electron chi connectivity index (χ3n) is 5.27. The van der Waals surface area contributed by atoms with Crippen molar-refractivity contribution < 1.29 is 4.79 Å². The molecular formula is C19H25N3OS2. The van der Waals surface area contributed by atoms with Crippen LogP contribution >= 0.6 is 23.1 Å². The Hall–Kier alpha value is -1.14. The van der Waals surface area contributed by atoms with Crippen molar-refractivity contribution >= 4 is 39.2 Å². The molecular weight excluding hydrogens is 350 g/mol. The topological polar surface area (TPSA) is 46.1 Å². The van der Waals surface area contributed by atoms with Crippen molar-refractivity contribution in [3.05, 3.63) is 16.3 Å². The molecule has 0 N–H and O–H groups in total. The summed E-state index contributed by atoms with van der Waals surface area (Å²) in [6.07, 6.45) is 7.06. The normalized spacial score (nSPS) is 20.7. The van der Waals surface area contributed by atoms with Crippen LogP contribution < -0.4 is 0 Å². The minimum atomic E-state index is 0.256. The molecule has 1 amide bonds. The van der Waals surface area contributed by atoms with Gasteiger partial charge in [-0.25, -0.2) is 9.97 Å². The number of nitrogens with zero attached hydrogens (tertiary/aromatic N) is 3. The first-order chi connectivity index (χ1) is 12.1. The van der Waals surface area contributed by atoms with Crippen molar-refractivity contribution in [2.24, 2.45) is 5.92 Å². The molecule has 0 unspecified atom stereocenters. The first kappa shape index (κ1) is 17.3. The number of carbonyl (C=O) groups excluding carboxylic acids is 1. The Bertz CT molecular complexity index is 796. The van der Waals surface area contributed by atoms with E-state index in [0.717, 1.165) is 60.4 Å². The zero-order valence-corrected chi connectivity index (χ0v) is 16.6. The minimum absolute atomic E-state index is 0.256. The van der Waals surface area contributed by atoms with Crippen LogP contribution in [0.25, 0.3) is 10.2 Å². The molecule has 0 radical (unpaired) electrons. The van der Waals surface area contributed by atoms with E-state index in [1.54, 1.807) is 11.8 Å². The van der Waals surface area contributed by atoms with Crippen LogP contribution in [0.2, 0.25) is 0 Å². The first-order valence-corrected chi connectivity index (χ1v) is 11.1. The van der Waals surface area contributed by atoms with Gasteiger partial charge in [0.1, 0.15) is 15.7 Å². The van der Waals surface area contributed by atoms with E-state index in [1.807, 2.05) is 23.2 Å². The van der Waals surface area contributed by atoms with Gasteiger partial charge in [-0.3, -0.25) is 4.79 Å². The van der Waals surface area contributed by atoms with Crippen LogP contribution in [-0.2, 0) is 17.6 Å². The molecule has 1 saturated heterocycles. The van der Waals surface area contributed by atoms with E-state index in [1.165, 1.54) is 28.7 Å².